The Morgan fingerprint density at radius 1 is 0.968 bits per heavy atom. The van der Waals surface area contributed by atoms with Gasteiger partial charge < -0.3 is 9.63 Å². The van der Waals surface area contributed by atoms with Crippen molar-refractivity contribution in [2.24, 2.45) is 11.8 Å². The molecule has 5 aliphatic carbocycles. The summed E-state index contributed by atoms with van der Waals surface area (Å²) in [5.74, 6) is 0.951. The van der Waals surface area contributed by atoms with Crippen LogP contribution in [0.15, 0.2) is 15.7 Å². The van der Waals surface area contributed by atoms with Gasteiger partial charge in [-0.2, -0.15) is 4.98 Å². The van der Waals surface area contributed by atoms with Gasteiger partial charge in [-0.3, -0.25) is 4.79 Å². The summed E-state index contributed by atoms with van der Waals surface area (Å²) in [6.07, 6.45) is 10.4. The lowest BCUT2D eigenvalue weighted by molar-refractivity contribution is -0.134. The molecule has 7 heteroatoms. The first kappa shape index (κ1) is 19.4. The zero-order valence-corrected chi connectivity index (χ0v) is 18.3. The van der Waals surface area contributed by atoms with E-state index in [4.69, 9.17) is 9.51 Å². The molecule has 162 valence electrons. The minimum absolute atomic E-state index is 0.0198. The van der Waals surface area contributed by atoms with Gasteiger partial charge in [-0.1, -0.05) is 5.16 Å². The summed E-state index contributed by atoms with van der Waals surface area (Å²) in [5.41, 5.74) is 3.22. The van der Waals surface area contributed by atoms with E-state index in [0.717, 1.165) is 80.5 Å². The lowest BCUT2D eigenvalue weighted by atomic mass is 9.65. The second kappa shape index (κ2) is 7.40. The van der Waals surface area contributed by atoms with E-state index in [2.05, 4.69) is 5.16 Å². The summed E-state index contributed by atoms with van der Waals surface area (Å²) in [7, 11) is 0. The first-order chi connectivity index (χ1) is 15.1. The van der Waals surface area contributed by atoms with Crippen LogP contribution in [0, 0.1) is 11.8 Å². The van der Waals surface area contributed by atoms with Gasteiger partial charge in [-0.15, -0.1) is 11.3 Å². The quantitative estimate of drug-likeness (QED) is 0.692. The minimum atomic E-state index is -0.908. The van der Waals surface area contributed by atoms with Crippen molar-refractivity contribution in [3.8, 4) is 11.5 Å². The molecule has 2 bridgehead atoms. The molecular weight excluding hydrogens is 412 g/mol. The van der Waals surface area contributed by atoms with Gasteiger partial charge >= 0.3 is 5.97 Å². The molecule has 0 unspecified atom stereocenters. The van der Waals surface area contributed by atoms with E-state index in [1.807, 2.05) is 0 Å². The first-order valence-corrected chi connectivity index (χ1v) is 12.4. The van der Waals surface area contributed by atoms with Crippen LogP contribution < -0.4 is 0 Å². The highest BCUT2D eigenvalue weighted by Crippen LogP contribution is 2.47. The molecular formula is C24H26N2O4S. The van der Waals surface area contributed by atoms with Crippen molar-refractivity contribution < 1.29 is 19.2 Å². The molecule has 0 aliphatic heterocycles. The molecule has 0 atom stereocenters. The second-order valence-electron chi connectivity index (χ2n) is 9.52. The Labute approximate surface area is 184 Å². The van der Waals surface area contributed by atoms with Gasteiger partial charge in [0.05, 0.1) is 5.56 Å². The van der Waals surface area contributed by atoms with E-state index in [9.17, 15) is 14.7 Å². The lowest BCUT2D eigenvalue weighted by Crippen LogP contribution is -2.34. The molecule has 31 heavy (non-hydrogen) atoms. The predicted molar refractivity (Wildman–Crippen MR) is 115 cm³/mol. The monoisotopic (exact) mass is 438 g/mol. The largest absolute Gasteiger partial charge is 0.478 e. The van der Waals surface area contributed by atoms with E-state index >= 15 is 0 Å². The van der Waals surface area contributed by atoms with Crippen LogP contribution in [-0.2, 0) is 28.9 Å². The summed E-state index contributed by atoms with van der Waals surface area (Å²) in [5, 5.41) is 14.0. The highest BCUT2D eigenvalue weighted by molar-refractivity contribution is 7.12. The van der Waals surface area contributed by atoms with Crippen molar-refractivity contribution in [2.75, 3.05) is 0 Å². The normalized spacial score (nSPS) is 25.0. The van der Waals surface area contributed by atoms with Crippen molar-refractivity contribution in [2.45, 2.75) is 76.5 Å². The Morgan fingerprint density at radius 3 is 2.35 bits per heavy atom. The smallest absolute Gasteiger partial charge is 0.332 e. The third-order valence-corrected chi connectivity index (χ3v) is 8.82. The third-order valence-electron chi connectivity index (χ3n) is 7.53. The Bertz CT molecular complexity index is 1100. The van der Waals surface area contributed by atoms with Crippen molar-refractivity contribution in [1.29, 1.82) is 0 Å². The fraction of sp³-hybridized carbons (Fsp3) is 0.583. The number of carbonyl (C=O) groups excluding carboxylic acids is 1. The lowest BCUT2D eigenvalue weighted by Gasteiger charge is -2.38. The van der Waals surface area contributed by atoms with Crippen LogP contribution in [0.4, 0.5) is 0 Å². The zero-order chi connectivity index (χ0) is 21.1. The molecule has 7 rings (SSSR count). The number of carboxylic acids is 1. The van der Waals surface area contributed by atoms with Crippen LogP contribution in [0.2, 0.25) is 0 Å². The number of ketones is 1. The number of allylic oxidation sites excluding steroid dienone is 1. The number of Topliss-reactive ketones (excluding diaryl/α,β-unsaturated/α-hetero) is 1. The number of nitrogens with zero attached hydrogens (tertiary/aromatic N) is 2. The molecule has 2 saturated carbocycles. The van der Waals surface area contributed by atoms with Crippen LogP contribution in [0.25, 0.3) is 11.5 Å². The topological polar surface area (TPSA) is 93.3 Å². The molecule has 0 amide bonds. The van der Waals surface area contributed by atoms with Gasteiger partial charge in [0.1, 0.15) is 0 Å². The first-order valence-electron chi connectivity index (χ1n) is 11.6. The average molecular weight is 439 g/mol. The van der Waals surface area contributed by atoms with E-state index in [-0.39, 0.29) is 24.0 Å². The van der Waals surface area contributed by atoms with Gasteiger partial charge in [0.15, 0.2) is 11.6 Å². The maximum atomic E-state index is 13.5. The highest BCUT2D eigenvalue weighted by atomic mass is 32.1. The van der Waals surface area contributed by atoms with E-state index in [1.165, 1.54) is 10.4 Å². The van der Waals surface area contributed by atoms with Crippen LogP contribution in [-0.4, -0.2) is 27.0 Å². The Morgan fingerprint density at radius 2 is 1.65 bits per heavy atom. The number of thiophene rings is 1. The van der Waals surface area contributed by atoms with Crippen LogP contribution in [0.3, 0.4) is 0 Å². The van der Waals surface area contributed by atoms with E-state index in [1.54, 1.807) is 11.3 Å². The number of aromatic nitrogens is 2. The van der Waals surface area contributed by atoms with Crippen LogP contribution in [0.1, 0.15) is 78.4 Å². The predicted octanol–water partition coefficient (Wildman–Crippen LogP) is 4.87. The van der Waals surface area contributed by atoms with Gasteiger partial charge in [0, 0.05) is 33.2 Å². The Balaban J connectivity index is 1.39. The molecule has 5 aliphatic rings. The second-order valence-corrected chi connectivity index (χ2v) is 10.7. The summed E-state index contributed by atoms with van der Waals surface area (Å²) in [4.78, 5) is 32.5. The Kier molecular flexibility index (Phi) is 4.63. The molecule has 2 aromatic heterocycles. The van der Waals surface area contributed by atoms with Gasteiger partial charge in [-0.25, -0.2) is 4.79 Å². The number of fused-ring (bicyclic) bond motifs is 3. The molecule has 0 saturated heterocycles. The molecule has 2 heterocycles. The molecule has 0 aromatic carbocycles. The molecule has 1 N–H and O–H groups in total. The highest BCUT2D eigenvalue weighted by Gasteiger charge is 2.41. The molecule has 2 fully saturated rings. The minimum Gasteiger partial charge on any atom is -0.478 e. The number of rotatable bonds is 6. The van der Waals surface area contributed by atoms with Gasteiger partial charge in [0.25, 0.3) is 5.89 Å². The summed E-state index contributed by atoms with van der Waals surface area (Å²) in [6.45, 7) is 0. The summed E-state index contributed by atoms with van der Waals surface area (Å²) < 4.78 is 5.68. The zero-order valence-electron chi connectivity index (χ0n) is 17.5. The Hall–Kier alpha value is -2.28. The van der Waals surface area contributed by atoms with E-state index in [0.29, 0.717) is 23.0 Å². The van der Waals surface area contributed by atoms with Gasteiger partial charge in [-0.05, 0) is 81.6 Å². The van der Waals surface area contributed by atoms with E-state index < -0.39 is 5.97 Å². The van der Waals surface area contributed by atoms with Crippen molar-refractivity contribution in [1.82, 2.24) is 10.1 Å². The number of carbonyl (C=O) groups is 2. The van der Waals surface area contributed by atoms with Crippen LogP contribution in [0.5, 0.6) is 0 Å². The number of aliphatic carboxylic acids is 1. The average Bonchev–Trinajstić information content (AvgIpc) is 3.41. The molecule has 0 spiro atoms. The maximum Gasteiger partial charge on any atom is 0.332 e. The van der Waals surface area contributed by atoms with Gasteiger partial charge in [0.2, 0.25) is 0 Å². The number of carboxylic acid groups (broad SMARTS) is 1. The number of hydrogen-bond acceptors (Lipinski definition) is 6. The van der Waals surface area contributed by atoms with Crippen molar-refractivity contribution >= 4 is 23.1 Å². The molecule has 2 aromatic rings. The summed E-state index contributed by atoms with van der Waals surface area (Å²) >= 11 is 1.69. The standard InChI is InChI=1S/C24H26N2O4S/c27-16(19-12-5-7-13(8-6-12)20(19)24(28)29)11-18-21(15-3-1-2-4-17(15)31-18)23-25-22(26-30-23)14-9-10-14/h12-14H,1-11H2,(H,28,29). The molecule has 0 radical (unpaired) electrons. The maximum absolute atomic E-state index is 13.5. The molecule has 6 nitrogen and oxygen atoms in total. The fourth-order valence-corrected chi connectivity index (χ4v) is 7.25. The number of hydrogen-bond donors (Lipinski definition) is 1. The van der Waals surface area contributed by atoms with Crippen LogP contribution >= 0.6 is 11.3 Å². The van der Waals surface area contributed by atoms with Crippen molar-refractivity contribution in [3.05, 3.63) is 32.3 Å². The summed E-state index contributed by atoms with van der Waals surface area (Å²) in [6, 6.07) is 0. The van der Waals surface area contributed by atoms with Crippen molar-refractivity contribution in [3.63, 3.8) is 0 Å². The fourth-order valence-electron chi connectivity index (χ4n) is 5.86. The SMILES string of the molecule is O=C(O)C1=C(C(=O)Cc2sc3c(c2-c2nc(C4CC4)no2)CCCC3)C2CCC1CC2. The third kappa shape index (κ3) is 3.28. The number of aryl methyl sites for hydroxylation is 1.